The van der Waals surface area contributed by atoms with Crippen molar-refractivity contribution in [2.24, 2.45) is 0 Å². The lowest BCUT2D eigenvalue weighted by Gasteiger charge is -2.14. The van der Waals surface area contributed by atoms with Gasteiger partial charge in [-0.25, -0.2) is 4.98 Å². The van der Waals surface area contributed by atoms with Crippen molar-refractivity contribution in [3.05, 3.63) is 4.88 Å². The first-order chi connectivity index (χ1) is 8.62. The van der Waals surface area contributed by atoms with Crippen LogP contribution in [0.1, 0.15) is 16.6 Å². The number of nitrogen functional groups attached to an aromatic ring is 1. The summed E-state index contributed by atoms with van der Waals surface area (Å²) >= 11 is 1.18. The van der Waals surface area contributed by atoms with Gasteiger partial charge in [0.25, 0.3) is 5.91 Å². The lowest BCUT2D eigenvalue weighted by atomic mass is 10.3. The standard InChI is InChI=1S/C10H18N4O3S/c1-3-12-10-14-8(11)7(18-10)9(16)13-6(4-15)5-17-2/h6,15H,3-5,11H2,1-2H3,(H,12,14)(H,13,16). The average molecular weight is 274 g/mol. The lowest BCUT2D eigenvalue weighted by molar-refractivity contribution is 0.0844. The number of nitrogens with two attached hydrogens (primary N) is 1. The first-order valence-electron chi connectivity index (χ1n) is 5.53. The van der Waals surface area contributed by atoms with Crippen LogP contribution in [-0.2, 0) is 4.74 Å². The molecule has 0 aliphatic heterocycles. The van der Waals surface area contributed by atoms with Gasteiger partial charge in [-0.15, -0.1) is 0 Å². The molecule has 0 radical (unpaired) electrons. The maximum atomic E-state index is 11.9. The molecule has 0 spiro atoms. The molecular formula is C10H18N4O3S. The molecule has 0 fully saturated rings. The third kappa shape index (κ3) is 3.83. The largest absolute Gasteiger partial charge is 0.394 e. The maximum Gasteiger partial charge on any atom is 0.265 e. The summed E-state index contributed by atoms with van der Waals surface area (Å²) in [7, 11) is 1.50. The summed E-state index contributed by atoms with van der Waals surface area (Å²) in [5.41, 5.74) is 5.67. The zero-order valence-electron chi connectivity index (χ0n) is 10.4. The van der Waals surface area contributed by atoms with Gasteiger partial charge in [0.15, 0.2) is 5.13 Å². The number of thiazole rings is 1. The monoisotopic (exact) mass is 274 g/mol. The second-order valence-electron chi connectivity index (χ2n) is 3.57. The van der Waals surface area contributed by atoms with E-state index in [1.807, 2.05) is 6.92 Å². The van der Waals surface area contributed by atoms with E-state index in [1.54, 1.807) is 0 Å². The Labute approximate surface area is 109 Å². The van der Waals surface area contributed by atoms with Gasteiger partial charge in [0.2, 0.25) is 0 Å². The Morgan fingerprint density at radius 3 is 2.94 bits per heavy atom. The molecule has 5 N–H and O–H groups in total. The Kier molecular flexibility index (Phi) is 5.83. The molecule has 1 unspecified atom stereocenters. The summed E-state index contributed by atoms with van der Waals surface area (Å²) in [4.78, 5) is 16.3. The molecule has 1 atom stereocenters. The minimum atomic E-state index is -0.452. The molecule has 0 aliphatic rings. The topological polar surface area (TPSA) is 110 Å². The Morgan fingerprint density at radius 1 is 1.67 bits per heavy atom. The SMILES string of the molecule is CCNc1nc(N)c(C(=O)NC(CO)COC)s1. The maximum absolute atomic E-state index is 11.9. The average Bonchev–Trinajstić information content (AvgIpc) is 2.70. The van der Waals surface area contributed by atoms with Crippen molar-refractivity contribution in [2.45, 2.75) is 13.0 Å². The number of carbonyl (C=O) groups is 1. The van der Waals surface area contributed by atoms with E-state index in [4.69, 9.17) is 15.6 Å². The number of aromatic nitrogens is 1. The first kappa shape index (κ1) is 14.7. The Balaban J connectivity index is 2.70. The van der Waals surface area contributed by atoms with E-state index < -0.39 is 6.04 Å². The molecule has 0 bridgehead atoms. The Morgan fingerprint density at radius 2 is 2.39 bits per heavy atom. The second kappa shape index (κ2) is 7.14. The quantitative estimate of drug-likeness (QED) is 0.552. The van der Waals surface area contributed by atoms with Gasteiger partial charge >= 0.3 is 0 Å². The van der Waals surface area contributed by atoms with E-state index in [0.29, 0.717) is 16.6 Å². The molecule has 7 nitrogen and oxygen atoms in total. The smallest absolute Gasteiger partial charge is 0.265 e. The third-order valence-corrected chi connectivity index (χ3v) is 3.14. The molecule has 18 heavy (non-hydrogen) atoms. The van der Waals surface area contributed by atoms with Gasteiger partial charge in [0.1, 0.15) is 10.7 Å². The minimum absolute atomic E-state index is 0.183. The number of amides is 1. The van der Waals surface area contributed by atoms with Crippen LogP contribution in [0.15, 0.2) is 0 Å². The number of hydrogen-bond acceptors (Lipinski definition) is 7. The zero-order chi connectivity index (χ0) is 13.5. The van der Waals surface area contributed by atoms with Crippen molar-refractivity contribution in [2.75, 3.05) is 37.9 Å². The van der Waals surface area contributed by atoms with Crippen LogP contribution in [0.4, 0.5) is 10.9 Å². The van der Waals surface area contributed by atoms with Crippen LogP contribution < -0.4 is 16.4 Å². The number of aliphatic hydroxyl groups is 1. The molecule has 1 heterocycles. The van der Waals surface area contributed by atoms with Gasteiger partial charge < -0.3 is 26.2 Å². The summed E-state index contributed by atoms with van der Waals surface area (Å²) in [6.07, 6.45) is 0. The highest BCUT2D eigenvalue weighted by molar-refractivity contribution is 7.18. The van der Waals surface area contributed by atoms with Gasteiger partial charge in [-0.3, -0.25) is 4.79 Å². The highest BCUT2D eigenvalue weighted by Gasteiger charge is 2.19. The molecule has 0 aromatic carbocycles. The summed E-state index contributed by atoms with van der Waals surface area (Å²) in [5.74, 6) is -0.173. The van der Waals surface area contributed by atoms with Crippen LogP contribution in [0, 0.1) is 0 Å². The van der Waals surface area contributed by atoms with Gasteiger partial charge in [-0.1, -0.05) is 11.3 Å². The molecule has 1 aromatic heterocycles. The van der Waals surface area contributed by atoms with E-state index in [2.05, 4.69) is 15.6 Å². The fourth-order valence-corrected chi connectivity index (χ4v) is 2.17. The normalized spacial score (nSPS) is 12.2. The van der Waals surface area contributed by atoms with Crippen LogP contribution in [0.25, 0.3) is 0 Å². The number of anilines is 2. The van der Waals surface area contributed by atoms with Gasteiger partial charge in [-0.2, -0.15) is 0 Å². The van der Waals surface area contributed by atoms with Gasteiger partial charge in [-0.05, 0) is 6.92 Å². The van der Waals surface area contributed by atoms with E-state index >= 15 is 0 Å². The summed E-state index contributed by atoms with van der Waals surface area (Å²) in [5, 5.41) is 15.3. The Bertz CT molecular complexity index is 396. The number of nitrogens with zero attached hydrogens (tertiary/aromatic N) is 1. The van der Waals surface area contributed by atoms with Crippen LogP contribution in [0.2, 0.25) is 0 Å². The highest BCUT2D eigenvalue weighted by atomic mass is 32.1. The van der Waals surface area contributed by atoms with Crippen LogP contribution in [0.3, 0.4) is 0 Å². The minimum Gasteiger partial charge on any atom is -0.394 e. The van der Waals surface area contributed by atoms with Crippen molar-refractivity contribution < 1.29 is 14.6 Å². The van der Waals surface area contributed by atoms with E-state index in [1.165, 1.54) is 18.4 Å². The molecular weight excluding hydrogens is 256 g/mol. The number of carbonyl (C=O) groups excluding carboxylic acids is 1. The molecule has 0 saturated carbocycles. The fourth-order valence-electron chi connectivity index (χ4n) is 1.31. The summed E-state index contributed by atoms with van der Waals surface area (Å²) in [6.45, 7) is 2.67. The number of methoxy groups -OCH3 is 1. The number of ether oxygens (including phenoxy) is 1. The summed E-state index contributed by atoms with van der Waals surface area (Å²) in [6, 6.07) is -0.452. The van der Waals surface area contributed by atoms with Crippen LogP contribution in [-0.4, -0.2) is 48.9 Å². The zero-order valence-corrected chi connectivity index (χ0v) is 11.2. The van der Waals surface area contributed by atoms with Gasteiger partial charge in [0, 0.05) is 13.7 Å². The van der Waals surface area contributed by atoms with Crippen molar-refractivity contribution in [1.82, 2.24) is 10.3 Å². The lowest BCUT2D eigenvalue weighted by Crippen LogP contribution is -2.40. The second-order valence-corrected chi connectivity index (χ2v) is 4.57. The summed E-state index contributed by atoms with van der Waals surface area (Å²) < 4.78 is 4.88. The molecule has 102 valence electrons. The predicted octanol–water partition coefficient (Wildman–Crippen LogP) is -0.106. The third-order valence-electron chi connectivity index (χ3n) is 2.11. The number of hydrogen-bond donors (Lipinski definition) is 4. The van der Waals surface area contributed by atoms with Crippen molar-refractivity contribution in [3.8, 4) is 0 Å². The van der Waals surface area contributed by atoms with Crippen molar-refractivity contribution in [3.63, 3.8) is 0 Å². The molecule has 8 heteroatoms. The Hall–Kier alpha value is -1.38. The van der Waals surface area contributed by atoms with Crippen molar-refractivity contribution in [1.29, 1.82) is 0 Å². The van der Waals surface area contributed by atoms with Crippen LogP contribution in [0.5, 0.6) is 0 Å². The molecule has 0 saturated heterocycles. The molecule has 1 amide bonds. The van der Waals surface area contributed by atoms with Crippen LogP contribution >= 0.6 is 11.3 Å². The number of nitrogens with one attached hydrogen (secondary N) is 2. The van der Waals surface area contributed by atoms with E-state index in [9.17, 15) is 4.79 Å². The first-order valence-corrected chi connectivity index (χ1v) is 6.34. The molecule has 1 rings (SSSR count). The molecule has 1 aromatic rings. The van der Waals surface area contributed by atoms with Gasteiger partial charge in [0.05, 0.1) is 19.3 Å². The fraction of sp³-hybridized carbons (Fsp3) is 0.600. The van der Waals surface area contributed by atoms with Crippen molar-refractivity contribution >= 4 is 28.2 Å². The number of aliphatic hydroxyl groups excluding tert-OH is 1. The highest BCUT2D eigenvalue weighted by Crippen LogP contribution is 2.24. The van der Waals surface area contributed by atoms with E-state index in [0.717, 1.165) is 0 Å². The predicted molar refractivity (Wildman–Crippen MR) is 70.9 cm³/mol. The number of rotatable bonds is 7. The van der Waals surface area contributed by atoms with E-state index in [-0.39, 0.29) is 24.9 Å². The molecule has 0 aliphatic carbocycles.